The van der Waals surface area contributed by atoms with Crippen molar-refractivity contribution in [2.75, 3.05) is 19.6 Å². The first-order valence-electron chi connectivity index (χ1n) is 9.92. The summed E-state index contributed by atoms with van der Waals surface area (Å²) in [5.41, 5.74) is 6.11. The molecule has 1 saturated heterocycles. The number of likely N-dealkylation sites (tertiary alicyclic amines) is 1. The number of rotatable bonds is 6. The van der Waals surface area contributed by atoms with Gasteiger partial charge in [0.2, 0.25) is 0 Å². The van der Waals surface area contributed by atoms with Crippen molar-refractivity contribution in [3.8, 4) is 0 Å². The molecule has 2 nitrogen and oxygen atoms in total. The maximum Gasteiger partial charge on any atom is 0.416 e. The second kappa shape index (κ2) is 9.39. The molecule has 0 bridgehead atoms. The van der Waals surface area contributed by atoms with E-state index in [0.29, 0.717) is 31.1 Å². The van der Waals surface area contributed by atoms with E-state index in [2.05, 4.69) is 4.90 Å². The van der Waals surface area contributed by atoms with Crippen molar-refractivity contribution in [1.29, 1.82) is 0 Å². The third-order valence-corrected chi connectivity index (χ3v) is 5.58. The summed E-state index contributed by atoms with van der Waals surface area (Å²) in [5, 5.41) is 0. The highest BCUT2D eigenvalue weighted by molar-refractivity contribution is 5.29. The Morgan fingerprint density at radius 1 is 1.03 bits per heavy atom. The normalized spacial score (nSPS) is 19.1. The van der Waals surface area contributed by atoms with Gasteiger partial charge in [0.15, 0.2) is 11.6 Å². The predicted molar refractivity (Wildman–Crippen MR) is 102 cm³/mol. The van der Waals surface area contributed by atoms with Crippen LogP contribution in [-0.4, -0.2) is 30.6 Å². The quantitative estimate of drug-likeness (QED) is 0.500. The molecule has 1 fully saturated rings. The zero-order valence-electron chi connectivity index (χ0n) is 16.4. The molecule has 2 N–H and O–H groups in total. The molecule has 3 rings (SSSR count). The lowest BCUT2D eigenvalue weighted by Gasteiger charge is -2.33. The van der Waals surface area contributed by atoms with E-state index in [1.165, 1.54) is 12.1 Å². The van der Waals surface area contributed by atoms with Crippen LogP contribution in [0.1, 0.15) is 41.9 Å². The van der Waals surface area contributed by atoms with E-state index >= 15 is 0 Å². The molecule has 2 atom stereocenters. The number of piperidine rings is 1. The summed E-state index contributed by atoms with van der Waals surface area (Å²) >= 11 is 0. The van der Waals surface area contributed by atoms with Gasteiger partial charge >= 0.3 is 6.18 Å². The van der Waals surface area contributed by atoms with Crippen molar-refractivity contribution in [2.24, 2.45) is 5.73 Å². The fourth-order valence-electron chi connectivity index (χ4n) is 3.95. The molecule has 2 aromatic rings. The number of alkyl halides is 3. The molecule has 0 amide bonds. The minimum Gasteiger partial charge on any atom is -0.327 e. The molecule has 0 saturated carbocycles. The third-order valence-electron chi connectivity index (χ3n) is 5.58. The third kappa shape index (κ3) is 5.76. The predicted octanol–water partition coefficient (Wildman–Crippen LogP) is 5.26. The highest BCUT2D eigenvalue weighted by Gasteiger charge is 2.31. The highest BCUT2D eigenvalue weighted by atomic mass is 19.4. The van der Waals surface area contributed by atoms with Crippen LogP contribution in [0.15, 0.2) is 36.4 Å². The first-order valence-corrected chi connectivity index (χ1v) is 9.92. The topological polar surface area (TPSA) is 29.3 Å². The van der Waals surface area contributed by atoms with E-state index < -0.39 is 35.2 Å². The molecule has 1 heterocycles. The van der Waals surface area contributed by atoms with Crippen molar-refractivity contribution in [3.63, 3.8) is 0 Å². The molecule has 2 aromatic carbocycles. The number of halogens is 6. The van der Waals surface area contributed by atoms with Crippen LogP contribution in [0.3, 0.4) is 0 Å². The van der Waals surface area contributed by atoms with Crippen LogP contribution >= 0.6 is 0 Å². The number of nitrogens with zero attached hydrogens (tertiary/aromatic N) is 1. The summed E-state index contributed by atoms with van der Waals surface area (Å²) in [6.45, 7) is 2.03. The number of hydrogen-bond acceptors (Lipinski definition) is 2. The van der Waals surface area contributed by atoms with Crippen molar-refractivity contribution < 1.29 is 26.3 Å². The van der Waals surface area contributed by atoms with Gasteiger partial charge in [0.1, 0.15) is 5.82 Å². The molecule has 2 unspecified atom stereocenters. The van der Waals surface area contributed by atoms with Crippen LogP contribution in [0.25, 0.3) is 0 Å². The van der Waals surface area contributed by atoms with Gasteiger partial charge in [-0.25, -0.2) is 13.2 Å². The standard InChI is InChI=1S/C22H24F6N2/c23-19-12-21(25)20(24)11-16(19)10-18(29)6-8-30-7-2-4-15(13-30)14-3-1-5-17(9-14)22(26,27)28/h1,3,5,9,11-12,15,18H,2,4,6-8,10,13,29H2. The van der Waals surface area contributed by atoms with Gasteiger partial charge in [-0.1, -0.05) is 18.2 Å². The lowest BCUT2D eigenvalue weighted by atomic mass is 9.89. The van der Waals surface area contributed by atoms with Crippen LogP contribution in [-0.2, 0) is 12.6 Å². The molecule has 8 heteroatoms. The van der Waals surface area contributed by atoms with E-state index in [4.69, 9.17) is 5.73 Å². The maximum absolute atomic E-state index is 13.8. The zero-order chi connectivity index (χ0) is 21.9. The number of nitrogens with two attached hydrogens (primary N) is 1. The number of hydrogen-bond donors (Lipinski definition) is 1. The van der Waals surface area contributed by atoms with Gasteiger partial charge < -0.3 is 10.6 Å². The van der Waals surface area contributed by atoms with Crippen LogP contribution in [0.4, 0.5) is 26.3 Å². The monoisotopic (exact) mass is 430 g/mol. The largest absolute Gasteiger partial charge is 0.416 e. The highest BCUT2D eigenvalue weighted by Crippen LogP contribution is 2.33. The molecular weight excluding hydrogens is 406 g/mol. The van der Waals surface area contributed by atoms with E-state index in [1.54, 1.807) is 6.07 Å². The molecule has 1 aliphatic rings. The van der Waals surface area contributed by atoms with Crippen LogP contribution in [0.2, 0.25) is 0 Å². The first-order chi connectivity index (χ1) is 14.1. The van der Waals surface area contributed by atoms with E-state index in [0.717, 1.165) is 31.5 Å². The van der Waals surface area contributed by atoms with Crippen molar-refractivity contribution >= 4 is 0 Å². The molecule has 0 aromatic heterocycles. The fourth-order valence-corrected chi connectivity index (χ4v) is 3.95. The lowest BCUT2D eigenvalue weighted by Crippen LogP contribution is -2.38. The summed E-state index contributed by atoms with van der Waals surface area (Å²) in [4.78, 5) is 2.13. The second-order valence-corrected chi connectivity index (χ2v) is 7.87. The molecule has 1 aliphatic heterocycles. The van der Waals surface area contributed by atoms with E-state index in [-0.39, 0.29) is 17.9 Å². The molecular formula is C22H24F6N2. The van der Waals surface area contributed by atoms with Gasteiger partial charge in [0, 0.05) is 18.7 Å². The summed E-state index contributed by atoms with van der Waals surface area (Å²) in [5.74, 6) is -3.18. The summed E-state index contributed by atoms with van der Waals surface area (Å²) in [7, 11) is 0. The summed E-state index contributed by atoms with van der Waals surface area (Å²) in [6.07, 6.45) is -2.12. The fraction of sp³-hybridized carbons (Fsp3) is 0.455. The molecule has 0 radical (unpaired) electrons. The van der Waals surface area contributed by atoms with Crippen molar-refractivity contribution in [2.45, 2.75) is 43.8 Å². The molecule has 164 valence electrons. The molecule has 30 heavy (non-hydrogen) atoms. The van der Waals surface area contributed by atoms with E-state index in [9.17, 15) is 26.3 Å². The minimum atomic E-state index is -4.37. The Hall–Kier alpha value is -2.06. The van der Waals surface area contributed by atoms with Gasteiger partial charge in [0.25, 0.3) is 0 Å². The average Bonchev–Trinajstić information content (AvgIpc) is 2.70. The van der Waals surface area contributed by atoms with E-state index in [1.807, 2.05) is 0 Å². The SMILES string of the molecule is NC(CCN1CCCC(c2cccc(C(F)(F)F)c2)C1)Cc1cc(F)c(F)cc1F. The van der Waals surface area contributed by atoms with Gasteiger partial charge in [-0.05, 0) is 68.0 Å². The van der Waals surface area contributed by atoms with Crippen molar-refractivity contribution in [1.82, 2.24) is 4.90 Å². The Bertz CT molecular complexity index is 867. The Balaban J connectivity index is 1.56. The maximum atomic E-state index is 13.8. The zero-order valence-corrected chi connectivity index (χ0v) is 16.4. The molecule has 0 aliphatic carbocycles. The lowest BCUT2D eigenvalue weighted by molar-refractivity contribution is -0.137. The van der Waals surface area contributed by atoms with Gasteiger partial charge in [-0.2, -0.15) is 13.2 Å². The molecule has 0 spiro atoms. The minimum absolute atomic E-state index is 0.000846. The Labute approximate surface area is 171 Å². The van der Waals surface area contributed by atoms with Crippen LogP contribution in [0.5, 0.6) is 0 Å². The van der Waals surface area contributed by atoms with Crippen molar-refractivity contribution in [3.05, 3.63) is 70.5 Å². The Kier molecular flexibility index (Phi) is 7.08. The summed E-state index contributed by atoms with van der Waals surface area (Å²) < 4.78 is 79.1. The average molecular weight is 430 g/mol. The Morgan fingerprint density at radius 2 is 1.77 bits per heavy atom. The second-order valence-electron chi connectivity index (χ2n) is 7.87. The van der Waals surface area contributed by atoms with Gasteiger partial charge in [-0.3, -0.25) is 0 Å². The van der Waals surface area contributed by atoms with Gasteiger partial charge in [0.05, 0.1) is 5.56 Å². The Morgan fingerprint density at radius 3 is 2.50 bits per heavy atom. The van der Waals surface area contributed by atoms with Crippen LogP contribution < -0.4 is 5.73 Å². The smallest absolute Gasteiger partial charge is 0.327 e. The number of benzene rings is 2. The summed E-state index contributed by atoms with van der Waals surface area (Å²) in [6, 6.07) is 6.34. The van der Waals surface area contributed by atoms with Gasteiger partial charge in [-0.15, -0.1) is 0 Å². The first kappa shape index (κ1) is 22.6. The van der Waals surface area contributed by atoms with Crippen LogP contribution in [0, 0.1) is 17.5 Å².